The molecule has 0 amide bonds. The quantitative estimate of drug-likeness (QED) is 0.714. The third-order valence-electron chi connectivity index (χ3n) is 3.24. The molecular formula is C15H15N3O. The molecule has 4 nitrogen and oxygen atoms in total. The van der Waals surface area contributed by atoms with E-state index >= 15 is 0 Å². The molecule has 0 saturated heterocycles. The summed E-state index contributed by atoms with van der Waals surface area (Å²) >= 11 is 0. The third-order valence-corrected chi connectivity index (χ3v) is 3.24. The molecule has 0 spiro atoms. The molecule has 0 aliphatic rings. The van der Waals surface area contributed by atoms with Gasteiger partial charge in [-0.2, -0.15) is 5.10 Å². The molecule has 0 bridgehead atoms. The van der Waals surface area contributed by atoms with Crippen molar-refractivity contribution >= 4 is 16.6 Å². The number of hydrogen-bond acceptors (Lipinski definition) is 3. The maximum atomic E-state index is 5.72. The summed E-state index contributed by atoms with van der Waals surface area (Å²) in [7, 11) is 3.61. The van der Waals surface area contributed by atoms with Crippen molar-refractivity contribution < 1.29 is 4.74 Å². The Balaban J connectivity index is 2.25. The molecule has 3 aromatic rings. The molecular weight excluding hydrogens is 238 g/mol. The highest BCUT2D eigenvalue weighted by molar-refractivity contribution is 5.94. The van der Waals surface area contributed by atoms with Gasteiger partial charge in [-0.3, -0.25) is 4.68 Å². The fourth-order valence-corrected chi connectivity index (χ4v) is 2.23. The first-order valence-corrected chi connectivity index (χ1v) is 6.05. The second-order valence-electron chi connectivity index (χ2n) is 4.48. The number of rotatable bonds is 2. The molecule has 3 rings (SSSR count). The summed E-state index contributed by atoms with van der Waals surface area (Å²) in [6.07, 6.45) is 0. The van der Waals surface area contributed by atoms with Crippen LogP contribution in [0.1, 0.15) is 0 Å². The molecule has 0 aliphatic carbocycles. The van der Waals surface area contributed by atoms with Crippen LogP contribution in [0.2, 0.25) is 0 Å². The van der Waals surface area contributed by atoms with Crippen LogP contribution >= 0.6 is 0 Å². The van der Waals surface area contributed by atoms with Crippen molar-refractivity contribution in [1.29, 1.82) is 0 Å². The lowest BCUT2D eigenvalue weighted by Gasteiger charge is -2.01. The summed E-state index contributed by atoms with van der Waals surface area (Å²) in [4.78, 5) is 0. The van der Waals surface area contributed by atoms with Crippen molar-refractivity contribution in [2.45, 2.75) is 0 Å². The topological polar surface area (TPSA) is 53.1 Å². The van der Waals surface area contributed by atoms with Crippen LogP contribution < -0.4 is 10.5 Å². The Morgan fingerprint density at radius 3 is 2.53 bits per heavy atom. The van der Waals surface area contributed by atoms with Crippen molar-refractivity contribution in [2.75, 3.05) is 12.8 Å². The van der Waals surface area contributed by atoms with Crippen molar-refractivity contribution in [3.63, 3.8) is 0 Å². The zero-order valence-corrected chi connectivity index (χ0v) is 10.9. The number of anilines is 1. The van der Waals surface area contributed by atoms with Gasteiger partial charge in [0, 0.05) is 23.7 Å². The summed E-state index contributed by atoms with van der Waals surface area (Å²) in [5, 5.41) is 5.66. The average molecular weight is 253 g/mol. The minimum Gasteiger partial charge on any atom is -0.497 e. The molecule has 19 heavy (non-hydrogen) atoms. The van der Waals surface area contributed by atoms with E-state index in [0.717, 1.165) is 33.6 Å². The lowest BCUT2D eigenvalue weighted by molar-refractivity contribution is 0.415. The van der Waals surface area contributed by atoms with Crippen LogP contribution in [0.25, 0.3) is 22.2 Å². The maximum absolute atomic E-state index is 5.72. The minimum atomic E-state index is 0.751. The zero-order chi connectivity index (χ0) is 13.4. The van der Waals surface area contributed by atoms with Gasteiger partial charge in [0.2, 0.25) is 0 Å². The Morgan fingerprint density at radius 2 is 1.84 bits per heavy atom. The third kappa shape index (κ3) is 1.91. The second kappa shape index (κ2) is 4.31. The minimum absolute atomic E-state index is 0.751. The van der Waals surface area contributed by atoms with Gasteiger partial charge < -0.3 is 10.5 Å². The van der Waals surface area contributed by atoms with Gasteiger partial charge in [0.05, 0.1) is 12.6 Å². The number of ether oxygens (including phenoxy) is 1. The van der Waals surface area contributed by atoms with Crippen LogP contribution in [0.4, 0.5) is 5.69 Å². The molecule has 4 heteroatoms. The molecule has 1 aromatic heterocycles. The summed E-state index contributed by atoms with van der Waals surface area (Å²) in [5.74, 6) is 0.831. The normalized spacial score (nSPS) is 10.8. The fraction of sp³-hybridized carbons (Fsp3) is 0.133. The lowest BCUT2D eigenvalue weighted by atomic mass is 10.1. The predicted octanol–water partition coefficient (Wildman–Crippen LogP) is 2.83. The lowest BCUT2D eigenvalue weighted by Crippen LogP contribution is -1.90. The van der Waals surface area contributed by atoms with E-state index < -0.39 is 0 Å². The number of nitrogens with zero attached hydrogens (tertiary/aromatic N) is 2. The van der Waals surface area contributed by atoms with Crippen molar-refractivity contribution in [2.24, 2.45) is 7.05 Å². The summed E-state index contributed by atoms with van der Waals surface area (Å²) in [6, 6.07) is 13.7. The number of fused-ring (bicyclic) bond motifs is 1. The number of methoxy groups -OCH3 is 1. The highest BCUT2D eigenvalue weighted by Crippen LogP contribution is 2.30. The van der Waals surface area contributed by atoms with Gasteiger partial charge in [-0.25, -0.2) is 0 Å². The molecule has 0 fully saturated rings. The maximum Gasteiger partial charge on any atom is 0.119 e. The summed E-state index contributed by atoms with van der Waals surface area (Å²) in [6.45, 7) is 0. The largest absolute Gasteiger partial charge is 0.497 e. The number of aryl methyl sites for hydroxylation is 1. The van der Waals surface area contributed by atoms with Crippen LogP contribution in [-0.4, -0.2) is 16.9 Å². The number of benzene rings is 2. The van der Waals surface area contributed by atoms with Gasteiger partial charge in [-0.05, 0) is 30.3 Å². The van der Waals surface area contributed by atoms with Crippen molar-refractivity contribution in [3.05, 3.63) is 42.5 Å². The Morgan fingerprint density at radius 1 is 1.11 bits per heavy atom. The van der Waals surface area contributed by atoms with Crippen LogP contribution in [0.3, 0.4) is 0 Å². The smallest absolute Gasteiger partial charge is 0.119 e. The van der Waals surface area contributed by atoms with E-state index in [1.54, 1.807) is 7.11 Å². The highest BCUT2D eigenvalue weighted by atomic mass is 16.5. The van der Waals surface area contributed by atoms with Gasteiger partial charge in [0.25, 0.3) is 0 Å². The molecule has 0 unspecified atom stereocenters. The Labute approximate surface area is 111 Å². The van der Waals surface area contributed by atoms with Gasteiger partial charge in [-0.15, -0.1) is 0 Å². The number of nitrogen functional groups attached to an aromatic ring is 1. The van der Waals surface area contributed by atoms with Crippen LogP contribution in [0, 0.1) is 0 Å². The van der Waals surface area contributed by atoms with E-state index in [2.05, 4.69) is 5.10 Å². The van der Waals surface area contributed by atoms with E-state index in [0.29, 0.717) is 0 Å². The number of aromatic nitrogens is 2. The molecule has 0 saturated carbocycles. The first-order valence-electron chi connectivity index (χ1n) is 6.05. The van der Waals surface area contributed by atoms with E-state index in [9.17, 15) is 0 Å². The Kier molecular flexibility index (Phi) is 2.63. The summed E-state index contributed by atoms with van der Waals surface area (Å²) in [5.41, 5.74) is 9.54. The SMILES string of the molecule is COc1ccc2c(c1)c(-c1ccc(N)cc1)nn2C. The van der Waals surface area contributed by atoms with Crippen molar-refractivity contribution in [1.82, 2.24) is 9.78 Å². The first-order chi connectivity index (χ1) is 9.19. The van der Waals surface area contributed by atoms with E-state index in [4.69, 9.17) is 10.5 Å². The zero-order valence-electron chi connectivity index (χ0n) is 10.9. The van der Waals surface area contributed by atoms with E-state index in [1.807, 2.05) is 54.2 Å². The van der Waals surface area contributed by atoms with Gasteiger partial charge in [-0.1, -0.05) is 12.1 Å². The van der Waals surface area contributed by atoms with Crippen molar-refractivity contribution in [3.8, 4) is 17.0 Å². The van der Waals surface area contributed by atoms with Gasteiger partial charge >= 0.3 is 0 Å². The monoisotopic (exact) mass is 253 g/mol. The van der Waals surface area contributed by atoms with Gasteiger partial charge in [0.15, 0.2) is 0 Å². The molecule has 1 heterocycles. The molecule has 0 aliphatic heterocycles. The second-order valence-corrected chi connectivity index (χ2v) is 4.48. The van der Waals surface area contributed by atoms with E-state index in [-0.39, 0.29) is 0 Å². The predicted molar refractivity (Wildman–Crippen MR) is 77.1 cm³/mol. The molecule has 0 atom stereocenters. The van der Waals surface area contributed by atoms with Crippen LogP contribution in [0.5, 0.6) is 5.75 Å². The van der Waals surface area contributed by atoms with Crippen LogP contribution in [0.15, 0.2) is 42.5 Å². The molecule has 96 valence electrons. The standard InChI is InChI=1S/C15H15N3O/c1-18-14-8-7-12(19-2)9-13(14)15(17-18)10-3-5-11(16)6-4-10/h3-9H,16H2,1-2H3. The highest BCUT2D eigenvalue weighted by Gasteiger charge is 2.11. The number of nitrogens with two attached hydrogens (primary N) is 1. The number of hydrogen-bond donors (Lipinski definition) is 1. The van der Waals surface area contributed by atoms with E-state index in [1.165, 1.54) is 0 Å². The Hall–Kier alpha value is -2.49. The molecule has 2 aromatic carbocycles. The molecule has 0 radical (unpaired) electrons. The van der Waals surface area contributed by atoms with Gasteiger partial charge in [0.1, 0.15) is 11.4 Å². The first kappa shape index (κ1) is 11.6. The summed E-state index contributed by atoms with van der Waals surface area (Å²) < 4.78 is 7.16. The average Bonchev–Trinajstić information content (AvgIpc) is 2.76. The van der Waals surface area contributed by atoms with Crippen LogP contribution in [-0.2, 0) is 7.05 Å². The Bertz CT molecular complexity index is 729. The molecule has 2 N–H and O–H groups in total. The fourth-order valence-electron chi connectivity index (χ4n) is 2.23.